The Balaban J connectivity index is 2.26. The van der Waals surface area contributed by atoms with Crippen molar-refractivity contribution in [2.75, 3.05) is 6.66 Å². The van der Waals surface area contributed by atoms with E-state index in [0.29, 0.717) is 11.3 Å². The first-order chi connectivity index (χ1) is 7.74. The summed E-state index contributed by atoms with van der Waals surface area (Å²) in [6.45, 7) is 1.77. The van der Waals surface area contributed by atoms with Crippen molar-refractivity contribution in [2.24, 2.45) is 0 Å². The normalized spacial score (nSPS) is 18.8. The second kappa shape index (κ2) is 3.46. The van der Waals surface area contributed by atoms with Crippen molar-refractivity contribution < 1.29 is 13.8 Å². The van der Waals surface area contributed by atoms with E-state index in [1.165, 1.54) is 0 Å². The van der Waals surface area contributed by atoms with Crippen LogP contribution >= 0.6 is 8.38 Å². The number of hydrogen-bond acceptors (Lipinski definition) is 3. The van der Waals surface area contributed by atoms with E-state index in [4.69, 9.17) is 9.05 Å². The molecule has 1 atom stereocenters. The van der Waals surface area contributed by atoms with Crippen LogP contribution in [0.1, 0.15) is 10.4 Å². The number of fused-ring (bicyclic) bond motifs is 2. The second-order valence-electron chi connectivity index (χ2n) is 3.61. The van der Waals surface area contributed by atoms with Gasteiger partial charge in [-0.2, -0.15) is 0 Å². The van der Waals surface area contributed by atoms with E-state index in [-0.39, 0.29) is 5.97 Å². The van der Waals surface area contributed by atoms with Crippen LogP contribution in [-0.2, 0) is 4.52 Å². The smallest absolute Gasteiger partial charge is 0.347 e. The van der Waals surface area contributed by atoms with Crippen molar-refractivity contribution in [1.82, 2.24) is 0 Å². The summed E-state index contributed by atoms with van der Waals surface area (Å²) in [5.41, 5.74) is 0.513. The number of rotatable bonds is 0. The van der Waals surface area contributed by atoms with E-state index < -0.39 is 8.38 Å². The second-order valence-corrected chi connectivity index (χ2v) is 4.85. The van der Waals surface area contributed by atoms with Gasteiger partial charge in [-0.3, -0.25) is 0 Å². The van der Waals surface area contributed by atoms with Crippen molar-refractivity contribution in [3.63, 3.8) is 0 Å². The fourth-order valence-corrected chi connectivity index (χ4v) is 2.57. The average molecular weight is 232 g/mol. The summed E-state index contributed by atoms with van der Waals surface area (Å²) >= 11 is 0. The molecule has 0 spiro atoms. The van der Waals surface area contributed by atoms with Crippen LogP contribution in [-0.4, -0.2) is 12.6 Å². The number of benzene rings is 2. The van der Waals surface area contributed by atoms with Crippen LogP contribution in [0.4, 0.5) is 0 Å². The quantitative estimate of drug-likeness (QED) is 0.653. The van der Waals surface area contributed by atoms with Crippen LogP contribution in [0.5, 0.6) is 5.75 Å². The Morgan fingerprint density at radius 3 is 2.50 bits per heavy atom. The predicted octanol–water partition coefficient (Wildman–Crippen LogP) is 3.33. The van der Waals surface area contributed by atoms with Crippen LogP contribution in [0.25, 0.3) is 10.8 Å². The lowest BCUT2D eigenvalue weighted by Crippen LogP contribution is -2.11. The lowest BCUT2D eigenvalue weighted by atomic mass is 10.1. The van der Waals surface area contributed by atoms with Gasteiger partial charge in [0.15, 0.2) is 0 Å². The molecule has 0 saturated carbocycles. The molecule has 16 heavy (non-hydrogen) atoms. The molecule has 0 radical (unpaired) electrons. The third-order valence-corrected chi connectivity index (χ3v) is 3.38. The molecule has 0 amide bonds. The van der Waals surface area contributed by atoms with E-state index in [0.717, 1.165) is 10.8 Å². The Hall–Kier alpha value is -1.60. The van der Waals surface area contributed by atoms with Crippen molar-refractivity contribution >= 4 is 25.1 Å². The van der Waals surface area contributed by atoms with Gasteiger partial charge in [0.2, 0.25) is 0 Å². The van der Waals surface area contributed by atoms with Gasteiger partial charge in [-0.1, -0.05) is 24.3 Å². The maximum Gasteiger partial charge on any atom is 0.347 e. The maximum atomic E-state index is 11.7. The molecule has 0 aliphatic carbocycles. The largest absolute Gasteiger partial charge is 0.438 e. The van der Waals surface area contributed by atoms with Gasteiger partial charge in [0.05, 0.1) is 0 Å². The Morgan fingerprint density at radius 1 is 1.06 bits per heavy atom. The molecule has 1 aliphatic rings. The average Bonchev–Trinajstić information content (AvgIpc) is 2.27. The zero-order valence-corrected chi connectivity index (χ0v) is 9.53. The van der Waals surface area contributed by atoms with Crippen molar-refractivity contribution in [3.05, 3.63) is 42.0 Å². The summed E-state index contributed by atoms with van der Waals surface area (Å²) in [4.78, 5) is 11.7. The molecule has 2 aromatic carbocycles. The minimum atomic E-state index is -1.12. The van der Waals surface area contributed by atoms with E-state index in [2.05, 4.69) is 0 Å². The van der Waals surface area contributed by atoms with Gasteiger partial charge in [0.25, 0.3) is 8.38 Å². The van der Waals surface area contributed by atoms with Crippen LogP contribution in [0.15, 0.2) is 36.4 Å². The monoisotopic (exact) mass is 232 g/mol. The molecule has 3 rings (SSSR count). The fraction of sp³-hybridized carbons (Fsp3) is 0.0833. The first kappa shape index (κ1) is 9.61. The van der Waals surface area contributed by atoms with Crippen molar-refractivity contribution in [2.45, 2.75) is 0 Å². The van der Waals surface area contributed by atoms with Crippen LogP contribution in [0.3, 0.4) is 0 Å². The SMILES string of the molecule is CP1OC(=O)c2cc3ccccc3cc2O1. The summed E-state index contributed by atoms with van der Waals surface area (Å²) in [6, 6.07) is 11.6. The number of carbonyl (C=O) groups excluding carboxylic acids is 1. The first-order valence-electron chi connectivity index (χ1n) is 4.91. The number of hydrogen-bond donors (Lipinski definition) is 0. The topological polar surface area (TPSA) is 35.5 Å². The van der Waals surface area contributed by atoms with Gasteiger partial charge in [-0.25, -0.2) is 4.79 Å². The summed E-state index contributed by atoms with van der Waals surface area (Å²) in [6.07, 6.45) is 0. The van der Waals surface area contributed by atoms with Gasteiger partial charge >= 0.3 is 5.97 Å². The zero-order chi connectivity index (χ0) is 11.1. The summed E-state index contributed by atoms with van der Waals surface area (Å²) < 4.78 is 10.6. The Labute approximate surface area is 93.9 Å². The first-order valence-corrected chi connectivity index (χ1v) is 6.53. The highest BCUT2D eigenvalue weighted by Gasteiger charge is 2.26. The number of carbonyl (C=O) groups is 1. The van der Waals surface area contributed by atoms with Gasteiger partial charge in [-0.15, -0.1) is 0 Å². The minimum Gasteiger partial charge on any atom is -0.438 e. The summed E-state index contributed by atoms with van der Waals surface area (Å²) in [5, 5.41) is 2.09. The molecule has 0 fully saturated rings. The Bertz CT molecular complexity index is 579. The molecule has 80 valence electrons. The molecule has 0 aromatic heterocycles. The molecule has 1 heterocycles. The molecule has 0 saturated heterocycles. The lowest BCUT2D eigenvalue weighted by molar-refractivity contribution is 0.0724. The Kier molecular flexibility index (Phi) is 2.08. The van der Waals surface area contributed by atoms with Gasteiger partial charge in [0, 0.05) is 6.66 Å². The minimum absolute atomic E-state index is 0.291. The molecule has 0 N–H and O–H groups in total. The molecule has 1 aliphatic heterocycles. The highest BCUT2D eigenvalue weighted by Crippen LogP contribution is 2.44. The Morgan fingerprint density at radius 2 is 1.75 bits per heavy atom. The van der Waals surface area contributed by atoms with Crippen LogP contribution in [0, 0.1) is 0 Å². The molecule has 0 bridgehead atoms. The third kappa shape index (κ3) is 1.44. The van der Waals surface area contributed by atoms with E-state index in [1.807, 2.05) is 36.4 Å². The van der Waals surface area contributed by atoms with Gasteiger partial charge < -0.3 is 9.05 Å². The van der Waals surface area contributed by atoms with E-state index in [9.17, 15) is 4.79 Å². The predicted molar refractivity (Wildman–Crippen MR) is 62.8 cm³/mol. The molecular formula is C12H9O3P. The molecule has 2 aromatic rings. The van der Waals surface area contributed by atoms with Crippen molar-refractivity contribution in [3.8, 4) is 5.75 Å². The van der Waals surface area contributed by atoms with E-state index in [1.54, 1.807) is 6.66 Å². The zero-order valence-electron chi connectivity index (χ0n) is 8.64. The lowest BCUT2D eigenvalue weighted by Gasteiger charge is -2.21. The maximum absolute atomic E-state index is 11.7. The van der Waals surface area contributed by atoms with E-state index >= 15 is 0 Å². The van der Waals surface area contributed by atoms with Gasteiger partial charge in [-0.05, 0) is 22.9 Å². The summed E-state index contributed by atoms with van der Waals surface area (Å²) in [5.74, 6) is 0.337. The van der Waals surface area contributed by atoms with Crippen molar-refractivity contribution in [1.29, 1.82) is 0 Å². The fourth-order valence-electron chi connectivity index (χ4n) is 1.78. The van der Waals surface area contributed by atoms with Crippen LogP contribution in [0.2, 0.25) is 0 Å². The van der Waals surface area contributed by atoms with Crippen LogP contribution < -0.4 is 4.52 Å². The highest BCUT2D eigenvalue weighted by molar-refractivity contribution is 7.47. The highest BCUT2D eigenvalue weighted by atomic mass is 31.2. The summed E-state index contributed by atoms with van der Waals surface area (Å²) in [7, 11) is -1.12. The molecular weight excluding hydrogens is 223 g/mol. The standard InChI is InChI=1S/C12H9O3P/c1-16-14-11-7-9-5-3-2-4-8(9)6-10(11)12(13)15-16/h2-7H,1H3. The van der Waals surface area contributed by atoms with Gasteiger partial charge in [0.1, 0.15) is 11.3 Å². The molecule has 1 unspecified atom stereocenters. The molecule has 3 nitrogen and oxygen atoms in total. The molecule has 4 heteroatoms. The third-order valence-electron chi connectivity index (χ3n) is 2.51.